The number of hydrogen-bond acceptors (Lipinski definition) is 5. The number of benzene rings is 1. The average molecular weight is 339 g/mol. The van der Waals surface area contributed by atoms with Crippen LogP contribution < -0.4 is 56.5 Å². The van der Waals surface area contributed by atoms with Gasteiger partial charge in [0.25, 0.3) is 0 Å². The molecule has 0 aliphatic carbocycles. The van der Waals surface area contributed by atoms with Crippen LogP contribution in [0, 0.1) is 0 Å². The first-order valence-electron chi connectivity index (χ1n) is 6.69. The number of rotatable bonds is 4. The number of Topliss-reactive ketones (excluding diaryl/α,β-unsaturated/α-hetero) is 1. The van der Waals surface area contributed by atoms with Crippen LogP contribution in [0.1, 0.15) is 16.8 Å². The van der Waals surface area contributed by atoms with Crippen molar-refractivity contribution in [3.8, 4) is 0 Å². The van der Waals surface area contributed by atoms with Gasteiger partial charge in [0.1, 0.15) is 6.04 Å². The van der Waals surface area contributed by atoms with Gasteiger partial charge in [-0.15, -0.1) is 11.8 Å². The molecule has 3 rings (SSSR count). The van der Waals surface area contributed by atoms with Crippen molar-refractivity contribution < 1.29 is 66.1 Å². The van der Waals surface area contributed by atoms with Gasteiger partial charge in [-0.25, -0.2) is 0 Å². The van der Waals surface area contributed by atoms with Crippen LogP contribution in [0.3, 0.4) is 0 Å². The summed E-state index contributed by atoms with van der Waals surface area (Å²) < 4.78 is 0. The number of aliphatic carboxylic acids is 1. The zero-order valence-corrected chi connectivity index (χ0v) is 16.5. The summed E-state index contributed by atoms with van der Waals surface area (Å²) in [4.78, 5) is 26.7. The standard InChI is InChI=1S/C16H15NO3S.K/c1-21-13-9-12-11(16(19)20)7-8-17(12)14(13)15(18)10-5-3-2-4-6-10;/h2-6,9,14H,7-8H2,1H3,(H,19,20);/q;+1/p-1. The molecule has 108 valence electrons. The zero-order valence-electron chi connectivity index (χ0n) is 12.5. The molecule has 0 saturated carbocycles. The first kappa shape index (κ1) is 18.0. The number of carboxylic acid groups (broad SMARTS) is 1. The SMILES string of the molecule is CSC1=CC2=C(C(=O)[O-])CCN2C1C(=O)c1ccccc1.[K+]. The molecule has 2 aliphatic rings. The predicted octanol–water partition coefficient (Wildman–Crippen LogP) is -1.79. The predicted molar refractivity (Wildman–Crippen MR) is 79.5 cm³/mol. The van der Waals surface area contributed by atoms with Gasteiger partial charge in [-0.1, -0.05) is 30.3 Å². The third-order valence-corrected chi connectivity index (χ3v) is 4.68. The van der Waals surface area contributed by atoms with Crippen LogP contribution in [-0.4, -0.2) is 35.5 Å². The molecule has 1 aromatic rings. The van der Waals surface area contributed by atoms with Crippen molar-refractivity contribution in [2.75, 3.05) is 12.8 Å². The average Bonchev–Trinajstić information content (AvgIpc) is 3.05. The van der Waals surface area contributed by atoms with Gasteiger partial charge in [0.15, 0.2) is 5.78 Å². The molecule has 2 aliphatic heterocycles. The maximum Gasteiger partial charge on any atom is 1.00 e. The van der Waals surface area contributed by atoms with E-state index in [1.165, 1.54) is 11.8 Å². The van der Waals surface area contributed by atoms with Gasteiger partial charge in [-0.3, -0.25) is 4.79 Å². The number of ketones is 1. The summed E-state index contributed by atoms with van der Waals surface area (Å²) in [5, 5.41) is 11.2. The Labute approximate surface area is 176 Å². The Kier molecular flexibility index (Phi) is 6.10. The molecule has 0 fully saturated rings. The van der Waals surface area contributed by atoms with Gasteiger partial charge in [0, 0.05) is 22.7 Å². The van der Waals surface area contributed by atoms with E-state index in [1.807, 2.05) is 35.4 Å². The third-order valence-electron chi connectivity index (χ3n) is 3.87. The monoisotopic (exact) mass is 339 g/mol. The fraction of sp³-hybridized carbons (Fsp3) is 0.250. The Morgan fingerprint density at radius 1 is 1.27 bits per heavy atom. The minimum atomic E-state index is -1.14. The first-order chi connectivity index (χ1) is 10.1. The van der Waals surface area contributed by atoms with E-state index in [2.05, 4.69) is 0 Å². The van der Waals surface area contributed by atoms with Gasteiger partial charge in [0.05, 0.1) is 5.97 Å². The molecule has 2 heterocycles. The molecule has 0 N–H and O–H groups in total. The second-order valence-corrected chi connectivity index (χ2v) is 5.86. The van der Waals surface area contributed by atoms with E-state index in [4.69, 9.17) is 0 Å². The molecule has 1 unspecified atom stereocenters. The van der Waals surface area contributed by atoms with Crippen LogP contribution in [0.2, 0.25) is 0 Å². The number of carboxylic acids is 1. The van der Waals surface area contributed by atoms with E-state index >= 15 is 0 Å². The first-order valence-corrected chi connectivity index (χ1v) is 7.92. The molecule has 1 atom stereocenters. The Bertz CT molecular complexity index is 669. The second-order valence-electron chi connectivity index (χ2n) is 4.98. The smallest absolute Gasteiger partial charge is 0.545 e. The third kappa shape index (κ3) is 3.13. The summed E-state index contributed by atoms with van der Waals surface area (Å²) in [6.45, 7) is 0.544. The molecule has 0 spiro atoms. The number of thioether (sulfide) groups is 1. The van der Waals surface area contributed by atoms with Crippen molar-refractivity contribution in [2.45, 2.75) is 12.5 Å². The summed E-state index contributed by atoms with van der Waals surface area (Å²) in [6.07, 6.45) is 4.14. The van der Waals surface area contributed by atoms with Crippen LogP contribution in [0.5, 0.6) is 0 Å². The topological polar surface area (TPSA) is 60.4 Å². The number of fused-ring (bicyclic) bond motifs is 1. The molecule has 0 saturated heterocycles. The second kappa shape index (κ2) is 7.46. The van der Waals surface area contributed by atoms with Gasteiger partial charge < -0.3 is 14.8 Å². The minimum Gasteiger partial charge on any atom is -0.545 e. The van der Waals surface area contributed by atoms with Crippen molar-refractivity contribution in [2.24, 2.45) is 0 Å². The molecular formula is C16H14KNO3S. The number of hydrogen-bond donors (Lipinski definition) is 0. The molecular weight excluding hydrogens is 325 g/mol. The molecule has 0 bridgehead atoms. The summed E-state index contributed by atoms with van der Waals surface area (Å²) in [7, 11) is 0. The number of nitrogens with zero attached hydrogens (tertiary/aromatic N) is 1. The van der Waals surface area contributed by atoms with E-state index in [1.54, 1.807) is 12.1 Å². The van der Waals surface area contributed by atoms with Gasteiger partial charge >= 0.3 is 51.4 Å². The Balaban J connectivity index is 0.00000176. The Morgan fingerprint density at radius 2 is 1.95 bits per heavy atom. The summed E-state index contributed by atoms with van der Waals surface area (Å²) in [5.41, 5.74) is 1.57. The molecule has 0 amide bonds. The van der Waals surface area contributed by atoms with Crippen LogP contribution in [0.15, 0.2) is 52.6 Å². The van der Waals surface area contributed by atoms with E-state index in [9.17, 15) is 14.7 Å². The maximum absolute atomic E-state index is 12.8. The number of carbonyl (C=O) groups is 2. The van der Waals surface area contributed by atoms with Crippen LogP contribution in [-0.2, 0) is 4.79 Å². The quantitative estimate of drug-likeness (QED) is 0.479. The molecule has 6 heteroatoms. The van der Waals surface area contributed by atoms with Gasteiger partial charge in [-0.2, -0.15) is 0 Å². The van der Waals surface area contributed by atoms with Crippen molar-refractivity contribution in [3.05, 3.63) is 58.1 Å². The Hall–Kier alpha value is -0.374. The van der Waals surface area contributed by atoms with Crippen molar-refractivity contribution >= 4 is 23.5 Å². The van der Waals surface area contributed by atoms with Crippen molar-refractivity contribution in [1.82, 2.24) is 4.90 Å². The van der Waals surface area contributed by atoms with Crippen LogP contribution in [0.25, 0.3) is 0 Å². The normalized spacial score (nSPS) is 19.6. The van der Waals surface area contributed by atoms with Gasteiger partial charge in [-0.05, 0) is 24.3 Å². The van der Waals surface area contributed by atoms with E-state index in [-0.39, 0.29) is 57.2 Å². The zero-order chi connectivity index (χ0) is 15.0. The Morgan fingerprint density at radius 3 is 2.55 bits per heavy atom. The maximum atomic E-state index is 12.8. The number of allylic oxidation sites excluding steroid dienone is 1. The summed E-state index contributed by atoms with van der Waals surface area (Å²) >= 11 is 1.49. The van der Waals surface area contributed by atoms with Gasteiger partial charge in [0.2, 0.25) is 0 Å². The fourth-order valence-electron chi connectivity index (χ4n) is 2.87. The largest absolute Gasteiger partial charge is 1.00 e. The fourth-order valence-corrected chi connectivity index (χ4v) is 3.55. The van der Waals surface area contributed by atoms with E-state index in [0.717, 1.165) is 4.91 Å². The molecule has 0 radical (unpaired) electrons. The molecule has 1 aromatic carbocycles. The summed E-state index contributed by atoms with van der Waals surface area (Å²) in [5.74, 6) is -1.14. The summed E-state index contributed by atoms with van der Waals surface area (Å²) in [6, 6.07) is 8.70. The van der Waals surface area contributed by atoms with E-state index < -0.39 is 12.0 Å². The molecule has 4 nitrogen and oxygen atoms in total. The molecule has 22 heavy (non-hydrogen) atoms. The number of carbonyl (C=O) groups excluding carboxylic acids is 2. The van der Waals surface area contributed by atoms with Crippen molar-refractivity contribution in [3.63, 3.8) is 0 Å². The van der Waals surface area contributed by atoms with Crippen LogP contribution in [0.4, 0.5) is 0 Å². The van der Waals surface area contributed by atoms with Crippen molar-refractivity contribution in [1.29, 1.82) is 0 Å². The van der Waals surface area contributed by atoms with Crippen LogP contribution >= 0.6 is 11.8 Å². The van der Waals surface area contributed by atoms with E-state index in [0.29, 0.717) is 29.8 Å². The molecule has 0 aromatic heterocycles. The minimum absolute atomic E-state index is 0.